The smallest absolute Gasteiger partial charge is 0.258 e. The molecule has 0 atom stereocenters. The summed E-state index contributed by atoms with van der Waals surface area (Å²) in [6, 6.07) is 13.0. The van der Waals surface area contributed by atoms with Crippen molar-refractivity contribution in [1.82, 2.24) is 0 Å². The highest BCUT2D eigenvalue weighted by molar-refractivity contribution is 14.1. The van der Waals surface area contributed by atoms with Gasteiger partial charge >= 0.3 is 0 Å². The summed E-state index contributed by atoms with van der Waals surface area (Å²) in [5.74, 6) is 1.04. The van der Waals surface area contributed by atoms with Gasteiger partial charge in [0.25, 0.3) is 8.32 Å². The van der Waals surface area contributed by atoms with Crippen molar-refractivity contribution in [3.8, 4) is 5.75 Å². The molecular formula is C19H27IOSi. The second-order valence-corrected chi connectivity index (χ2v) is 13.6. The van der Waals surface area contributed by atoms with Crippen LogP contribution in [0, 0.1) is 3.57 Å². The second-order valence-electron chi connectivity index (χ2n) is 7.04. The molecule has 0 unspecified atom stereocenters. The van der Waals surface area contributed by atoms with E-state index in [-0.39, 0.29) is 0 Å². The zero-order chi connectivity index (χ0) is 16.5. The van der Waals surface area contributed by atoms with Crippen molar-refractivity contribution < 1.29 is 4.43 Å². The summed E-state index contributed by atoms with van der Waals surface area (Å²) in [4.78, 5) is 0. The maximum Gasteiger partial charge on any atom is 0.258 e. The zero-order valence-electron chi connectivity index (χ0n) is 14.5. The molecule has 2 rings (SSSR count). The molecule has 0 saturated heterocycles. The molecule has 0 fully saturated rings. The van der Waals surface area contributed by atoms with Gasteiger partial charge in [-0.1, -0.05) is 59.7 Å². The lowest BCUT2D eigenvalue weighted by Gasteiger charge is -2.42. The van der Waals surface area contributed by atoms with Gasteiger partial charge in [0.15, 0.2) is 0 Å². The van der Waals surface area contributed by atoms with E-state index in [1.54, 1.807) is 0 Å². The van der Waals surface area contributed by atoms with Crippen LogP contribution < -0.4 is 4.43 Å². The van der Waals surface area contributed by atoms with Crippen LogP contribution in [0.2, 0.25) is 16.6 Å². The molecule has 0 bridgehead atoms. The summed E-state index contributed by atoms with van der Waals surface area (Å²) in [7, 11) is -1.88. The van der Waals surface area contributed by atoms with Crippen molar-refractivity contribution in [3.05, 3.63) is 40.0 Å². The summed E-state index contributed by atoms with van der Waals surface area (Å²) >= 11 is 2.41. The van der Waals surface area contributed by atoms with Crippen molar-refractivity contribution in [2.45, 2.75) is 58.2 Å². The summed E-state index contributed by atoms with van der Waals surface area (Å²) in [5, 5.41) is 2.57. The van der Waals surface area contributed by atoms with Crippen LogP contribution in [0.25, 0.3) is 10.8 Å². The van der Waals surface area contributed by atoms with Crippen LogP contribution in [0.15, 0.2) is 36.4 Å². The molecule has 2 aromatic carbocycles. The Morgan fingerprint density at radius 2 is 1.45 bits per heavy atom. The molecule has 0 radical (unpaired) electrons. The third kappa shape index (κ3) is 3.20. The third-order valence-corrected chi connectivity index (χ3v) is 11.7. The molecule has 0 heterocycles. The minimum Gasteiger partial charge on any atom is -0.543 e. The normalized spacial score (nSPS) is 12.6. The highest BCUT2D eigenvalue weighted by Gasteiger charge is 2.46. The van der Waals surface area contributed by atoms with E-state index in [0.29, 0.717) is 16.6 Å². The fraction of sp³-hybridized carbons (Fsp3) is 0.474. The lowest BCUT2D eigenvalue weighted by atomic mass is 10.1. The van der Waals surface area contributed by atoms with Crippen LogP contribution in [0.1, 0.15) is 41.5 Å². The minimum atomic E-state index is -1.88. The molecule has 0 aliphatic rings. The highest BCUT2D eigenvalue weighted by atomic mass is 127. The maximum atomic E-state index is 6.79. The first kappa shape index (κ1) is 17.8. The molecule has 0 spiro atoms. The molecule has 0 aliphatic carbocycles. The number of benzene rings is 2. The molecular weight excluding hydrogens is 399 g/mol. The molecule has 22 heavy (non-hydrogen) atoms. The predicted molar refractivity (Wildman–Crippen MR) is 108 cm³/mol. The molecule has 1 nitrogen and oxygen atoms in total. The summed E-state index contributed by atoms with van der Waals surface area (Å²) in [5.41, 5.74) is 1.79. The number of fused-ring (bicyclic) bond motifs is 1. The molecule has 3 heteroatoms. The van der Waals surface area contributed by atoms with Gasteiger partial charge < -0.3 is 4.43 Å². The van der Waals surface area contributed by atoms with Gasteiger partial charge in [-0.3, -0.25) is 0 Å². The second kappa shape index (κ2) is 6.91. The summed E-state index contributed by atoms with van der Waals surface area (Å²) in [6.07, 6.45) is 0. The van der Waals surface area contributed by atoms with Crippen molar-refractivity contribution in [2.24, 2.45) is 0 Å². The molecule has 0 amide bonds. The molecule has 2 aromatic rings. The van der Waals surface area contributed by atoms with Gasteiger partial charge in [-0.2, -0.15) is 0 Å². The average molecular weight is 426 g/mol. The van der Waals surface area contributed by atoms with Crippen LogP contribution in [0.3, 0.4) is 0 Å². The zero-order valence-corrected chi connectivity index (χ0v) is 17.6. The predicted octanol–water partition coefficient (Wildman–Crippen LogP) is 7.00. The Hall–Kier alpha value is -0.553. The van der Waals surface area contributed by atoms with Gasteiger partial charge in [0.05, 0.1) is 0 Å². The Morgan fingerprint density at radius 3 is 2.00 bits per heavy atom. The Labute approximate surface area is 149 Å². The van der Waals surface area contributed by atoms with Crippen molar-refractivity contribution >= 4 is 41.7 Å². The Balaban J connectivity index is 2.49. The topological polar surface area (TPSA) is 9.23 Å². The lowest BCUT2D eigenvalue weighted by molar-refractivity contribution is 0.480. The largest absolute Gasteiger partial charge is 0.543 e. The van der Waals surface area contributed by atoms with Crippen molar-refractivity contribution in [2.75, 3.05) is 0 Å². The van der Waals surface area contributed by atoms with E-state index < -0.39 is 8.32 Å². The van der Waals surface area contributed by atoms with Crippen molar-refractivity contribution in [3.63, 3.8) is 0 Å². The van der Waals surface area contributed by atoms with E-state index in [1.165, 1.54) is 14.3 Å². The van der Waals surface area contributed by atoms with E-state index in [2.05, 4.69) is 101 Å². The number of rotatable bonds is 5. The van der Waals surface area contributed by atoms with E-state index in [9.17, 15) is 0 Å². The summed E-state index contributed by atoms with van der Waals surface area (Å²) in [6.45, 7) is 14.0. The Morgan fingerprint density at radius 1 is 0.864 bits per heavy atom. The van der Waals surface area contributed by atoms with Gasteiger partial charge in [-0.15, -0.1) is 0 Å². The van der Waals surface area contributed by atoms with Gasteiger partial charge in [0, 0.05) is 3.57 Å². The van der Waals surface area contributed by atoms with E-state index in [1.807, 2.05) is 0 Å². The average Bonchev–Trinajstić information content (AvgIpc) is 2.44. The van der Waals surface area contributed by atoms with Crippen LogP contribution in [0.5, 0.6) is 5.75 Å². The molecule has 0 saturated carbocycles. The molecule has 0 aliphatic heterocycles. The fourth-order valence-corrected chi connectivity index (χ4v) is 9.75. The SMILES string of the molecule is CC(C)[Si](Oc1ccc2cccc(I)c2c1)(C(C)C)C(C)C. The van der Waals surface area contributed by atoms with Gasteiger partial charge in [0.1, 0.15) is 5.75 Å². The monoisotopic (exact) mass is 426 g/mol. The molecule has 0 aromatic heterocycles. The minimum absolute atomic E-state index is 0.595. The first-order chi connectivity index (χ1) is 10.3. The Kier molecular flexibility index (Phi) is 5.59. The van der Waals surface area contributed by atoms with Crippen LogP contribution in [0.4, 0.5) is 0 Å². The van der Waals surface area contributed by atoms with Crippen molar-refractivity contribution in [1.29, 1.82) is 0 Å². The molecule has 120 valence electrons. The Bertz CT molecular complexity index is 627. The van der Waals surface area contributed by atoms with E-state index in [0.717, 1.165) is 5.75 Å². The van der Waals surface area contributed by atoms with Crippen LogP contribution in [-0.4, -0.2) is 8.32 Å². The number of hydrogen-bond donors (Lipinski definition) is 0. The van der Waals surface area contributed by atoms with Crippen LogP contribution >= 0.6 is 22.6 Å². The highest BCUT2D eigenvalue weighted by Crippen LogP contribution is 2.43. The van der Waals surface area contributed by atoms with Gasteiger partial charge in [0.2, 0.25) is 0 Å². The number of hydrogen-bond acceptors (Lipinski definition) is 1. The third-order valence-electron chi connectivity index (χ3n) is 4.80. The van der Waals surface area contributed by atoms with E-state index >= 15 is 0 Å². The quantitative estimate of drug-likeness (QED) is 0.370. The van der Waals surface area contributed by atoms with E-state index in [4.69, 9.17) is 4.43 Å². The molecule has 0 N–H and O–H groups in total. The lowest BCUT2D eigenvalue weighted by Crippen LogP contribution is -2.50. The standard InChI is InChI=1S/C19H27IOSi/c1-13(2)22(14(3)4,15(5)6)21-17-11-10-16-8-7-9-19(20)18(16)12-17/h7-15H,1-6H3. The van der Waals surface area contributed by atoms with Gasteiger partial charge in [-0.25, -0.2) is 0 Å². The maximum absolute atomic E-state index is 6.79. The van der Waals surface area contributed by atoms with Crippen LogP contribution in [-0.2, 0) is 0 Å². The summed E-state index contributed by atoms with van der Waals surface area (Å²) < 4.78 is 8.07. The first-order valence-corrected chi connectivity index (χ1v) is 11.4. The first-order valence-electron chi connectivity index (χ1n) is 8.16. The number of halogens is 1. The van der Waals surface area contributed by atoms with Gasteiger partial charge in [-0.05, 0) is 68.2 Å². The fourth-order valence-electron chi connectivity index (χ4n) is 3.83.